The van der Waals surface area contributed by atoms with E-state index >= 15 is 0 Å². The number of rotatable bonds is 11. The lowest BCUT2D eigenvalue weighted by Crippen LogP contribution is -2.42. The van der Waals surface area contributed by atoms with Gasteiger partial charge in [-0.2, -0.15) is 0 Å². The summed E-state index contributed by atoms with van der Waals surface area (Å²) in [5.41, 5.74) is 1.08. The number of ether oxygens (including phenoxy) is 1. The van der Waals surface area contributed by atoms with Gasteiger partial charge >= 0.3 is 0 Å². The van der Waals surface area contributed by atoms with E-state index in [9.17, 15) is 14.4 Å². The lowest BCUT2D eigenvalue weighted by Gasteiger charge is -2.26. The number of anilines is 1. The molecule has 0 bridgehead atoms. The number of nitrogens with zero attached hydrogens (tertiary/aromatic N) is 2. The molecule has 2 N–H and O–H groups in total. The number of nitrogens with one attached hydrogen (secondary N) is 2. The third-order valence-electron chi connectivity index (χ3n) is 4.72. The van der Waals surface area contributed by atoms with E-state index in [1.54, 1.807) is 36.8 Å². The number of aromatic nitrogens is 1. The molecule has 1 aromatic carbocycles. The zero-order valence-corrected chi connectivity index (χ0v) is 20.1. The summed E-state index contributed by atoms with van der Waals surface area (Å²) in [6.07, 6.45) is 1.09. The molecule has 174 valence electrons. The lowest BCUT2D eigenvalue weighted by molar-refractivity contribution is -0.120. The topological polar surface area (TPSA) is 101 Å². The van der Waals surface area contributed by atoms with Gasteiger partial charge in [-0.3, -0.25) is 14.4 Å². The molecule has 2 rings (SSSR count). The Balaban J connectivity index is 1.92. The largest absolute Gasteiger partial charge is 0.497 e. The predicted molar refractivity (Wildman–Crippen MR) is 126 cm³/mol. The Labute approximate surface area is 193 Å². The second-order valence-corrected chi connectivity index (χ2v) is 9.01. The van der Waals surface area contributed by atoms with E-state index in [1.807, 2.05) is 13.8 Å². The number of amides is 3. The predicted octanol–water partition coefficient (Wildman–Crippen LogP) is 3.35. The van der Waals surface area contributed by atoms with Crippen molar-refractivity contribution in [1.29, 1.82) is 0 Å². The van der Waals surface area contributed by atoms with E-state index in [2.05, 4.69) is 29.5 Å². The Morgan fingerprint density at radius 1 is 1.09 bits per heavy atom. The monoisotopic (exact) mass is 460 g/mol. The summed E-state index contributed by atoms with van der Waals surface area (Å²) in [4.78, 5) is 43.3. The quantitative estimate of drug-likeness (QED) is 0.536. The fourth-order valence-electron chi connectivity index (χ4n) is 2.87. The molecule has 0 spiro atoms. The average Bonchev–Trinajstić information content (AvgIpc) is 3.17. The highest BCUT2D eigenvalue weighted by atomic mass is 32.1. The Kier molecular flexibility index (Phi) is 9.64. The van der Waals surface area contributed by atoms with Crippen molar-refractivity contribution in [1.82, 2.24) is 15.2 Å². The fraction of sp³-hybridized carbons (Fsp3) is 0.478. The van der Waals surface area contributed by atoms with E-state index in [0.717, 1.165) is 6.42 Å². The number of carbonyl (C=O) groups is 3. The number of hydrogen-bond acceptors (Lipinski definition) is 6. The van der Waals surface area contributed by atoms with Crippen LogP contribution in [-0.2, 0) is 16.0 Å². The summed E-state index contributed by atoms with van der Waals surface area (Å²) in [7, 11) is 1.56. The van der Waals surface area contributed by atoms with Crippen LogP contribution >= 0.6 is 11.3 Å². The maximum Gasteiger partial charge on any atom is 0.254 e. The third kappa shape index (κ3) is 7.96. The Bertz CT molecular complexity index is 909. The van der Waals surface area contributed by atoms with Crippen LogP contribution in [0.15, 0.2) is 29.6 Å². The van der Waals surface area contributed by atoms with Crippen LogP contribution in [0.25, 0.3) is 0 Å². The van der Waals surface area contributed by atoms with Crippen molar-refractivity contribution in [3.05, 3.63) is 40.9 Å². The van der Waals surface area contributed by atoms with Gasteiger partial charge in [-0.1, -0.05) is 13.8 Å². The minimum Gasteiger partial charge on any atom is -0.497 e. The first-order valence-corrected chi connectivity index (χ1v) is 11.5. The summed E-state index contributed by atoms with van der Waals surface area (Å²) in [5.74, 6) is 0.505. The summed E-state index contributed by atoms with van der Waals surface area (Å²) in [6, 6.07) is 6.60. The number of thiazole rings is 1. The lowest BCUT2D eigenvalue weighted by atomic mass is 10.1. The van der Waals surface area contributed by atoms with Gasteiger partial charge in [0.2, 0.25) is 11.8 Å². The molecule has 1 heterocycles. The molecule has 0 saturated carbocycles. The number of carbonyl (C=O) groups excluding carboxylic acids is 3. The van der Waals surface area contributed by atoms with Gasteiger partial charge in [0.25, 0.3) is 5.91 Å². The molecule has 0 unspecified atom stereocenters. The first kappa shape index (κ1) is 25.3. The van der Waals surface area contributed by atoms with Gasteiger partial charge < -0.3 is 20.3 Å². The highest BCUT2D eigenvalue weighted by Gasteiger charge is 2.22. The maximum atomic E-state index is 12.9. The number of benzene rings is 1. The first-order chi connectivity index (χ1) is 15.2. The highest BCUT2D eigenvalue weighted by molar-refractivity contribution is 7.13. The van der Waals surface area contributed by atoms with Crippen LogP contribution in [0.4, 0.5) is 5.13 Å². The van der Waals surface area contributed by atoms with Gasteiger partial charge in [-0.05, 0) is 50.5 Å². The molecule has 0 aliphatic heterocycles. The van der Waals surface area contributed by atoms with Gasteiger partial charge in [-0.25, -0.2) is 4.98 Å². The molecule has 2 aromatic rings. The van der Waals surface area contributed by atoms with E-state index in [0.29, 0.717) is 34.6 Å². The van der Waals surface area contributed by atoms with Gasteiger partial charge in [0, 0.05) is 23.5 Å². The van der Waals surface area contributed by atoms with Gasteiger partial charge in [0.1, 0.15) is 12.3 Å². The molecule has 0 saturated heterocycles. The molecule has 9 heteroatoms. The van der Waals surface area contributed by atoms with Crippen LogP contribution in [0.2, 0.25) is 0 Å². The number of methoxy groups -OCH3 is 1. The minimum atomic E-state index is -0.345. The Morgan fingerprint density at radius 2 is 1.78 bits per heavy atom. The van der Waals surface area contributed by atoms with Crippen molar-refractivity contribution in [3.8, 4) is 5.75 Å². The van der Waals surface area contributed by atoms with Crippen LogP contribution in [0, 0.1) is 5.92 Å². The zero-order chi connectivity index (χ0) is 23.7. The molecule has 0 fully saturated rings. The van der Waals surface area contributed by atoms with E-state index in [-0.39, 0.29) is 36.7 Å². The van der Waals surface area contributed by atoms with Gasteiger partial charge in [-0.15, -0.1) is 11.3 Å². The summed E-state index contributed by atoms with van der Waals surface area (Å²) < 4.78 is 5.12. The fourth-order valence-corrected chi connectivity index (χ4v) is 3.60. The molecular formula is C23H32N4O4S. The minimum absolute atomic E-state index is 0.0927. The molecule has 0 atom stereocenters. The van der Waals surface area contributed by atoms with E-state index < -0.39 is 0 Å². The second-order valence-electron chi connectivity index (χ2n) is 8.16. The zero-order valence-electron chi connectivity index (χ0n) is 19.3. The summed E-state index contributed by atoms with van der Waals surface area (Å²) in [5, 5.41) is 7.75. The van der Waals surface area contributed by atoms with Crippen LogP contribution in [0.5, 0.6) is 5.75 Å². The molecule has 0 aliphatic carbocycles. The second kappa shape index (κ2) is 12.2. The van der Waals surface area contributed by atoms with Gasteiger partial charge in [0.15, 0.2) is 5.13 Å². The number of hydrogen-bond donors (Lipinski definition) is 2. The van der Waals surface area contributed by atoms with Crippen molar-refractivity contribution in [2.45, 2.75) is 46.6 Å². The van der Waals surface area contributed by atoms with Crippen molar-refractivity contribution in [2.75, 3.05) is 25.5 Å². The highest BCUT2D eigenvalue weighted by Crippen LogP contribution is 2.17. The molecule has 0 radical (unpaired) electrons. The molecule has 1 aromatic heterocycles. The standard InChI is InChI=1S/C23H32N4O4S/c1-15(2)10-11-24-20(28)12-18-14-32-23(25-18)26-21(29)13-27(16(3)4)22(30)17-6-8-19(31-5)9-7-17/h6-9,14-16H,10-13H2,1-5H3,(H,24,28)(H,25,26,29). The van der Waals surface area contributed by atoms with Crippen molar-refractivity contribution < 1.29 is 19.1 Å². The van der Waals surface area contributed by atoms with Crippen LogP contribution < -0.4 is 15.4 Å². The smallest absolute Gasteiger partial charge is 0.254 e. The van der Waals surface area contributed by atoms with E-state index in [1.165, 1.54) is 16.2 Å². The normalized spacial score (nSPS) is 10.8. The Morgan fingerprint density at radius 3 is 2.38 bits per heavy atom. The molecule has 0 aliphatic rings. The summed E-state index contributed by atoms with van der Waals surface area (Å²) in [6.45, 7) is 8.45. The molecule has 32 heavy (non-hydrogen) atoms. The Hall–Kier alpha value is -2.94. The van der Waals surface area contributed by atoms with E-state index in [4.69, 9.17) is 4.74 Å². The van der Waals surface area contributed by atoms with Crippen LogP contribution in [0.1, 0.15) is 50.2 Å². The third-order valence-corrected chi connectivity index (χ3v) is 5.53. The van der Waals surface area contributed by atoms with Crippen LogP contribution in [0.3, 0.4) is 0 Å². The first-order valence-electron chi connectivity index (χ1n) is 10.7. The van der Waals surface area contributed by atoms with Crippen LogP contribution in [-0.4, -0.2) is 53.8 Å². The molecule has 3 amide bonds. The van der Waals surface area contributed by atoms with Crippen molar-refractivity contribution >= 4 is 34.2 Å². The van der Waals surface area contributed by atoms with Crippen molar-refractivity contribution in [2.24, 2.45) is 5.92 Å². The SMILES string of the molecule is COc1ccc(C(=O)N(CC(=O)Nc2nc(CC(=O)NCCC(C)C)cs2)C(C)C)cc1. The maximum absolute atomic E-state index is 12.9. The van der Waals surface area contributed by atoms with Crippen molar-refractivity contribution in [3.63, 3.8) is 0 Å². The molecule has 8 nitrogen and oxygen atoms in total. The summed E-state index contributed by atoms with van der Waals surface area (Å²) >= 11 is 1.25. The van der Waals surface area contributed by atoms with Gasteiger partial charge in [0.05, 0.1) is 19.2 Å². The average molecular weight is 461 g/mol. The molecular weight excluding hydrogens is 428 g/mol.